The molecule has 27 heavy (non-hydrogen) atoms. The second-order valence-electron chi connectivity index (χ2n) is 6.82. The van der Waals surface area contributed by atoms with Gasteiger partial charge < -0.3 is 20.2 Å². The van der Waals surface area contributed by atoms with Gasteiger partial charge in [0.15, 0.2) is 6.61 Å². The van der Waals surface area contributed by atoms with Crippen molar-refractivity contribution < 1.29 is 18.7 Å². The van der Waals surface area contributed by atoms with E-state index >= 15 is 0 Å². The highest BCUT2D eigenvalue weighted by Crippen LogP contribution is 2.18. The number of benzene rings is 1. The second kappa shape index (κ2) is 8.73. The number of rotatable bonds is 7. The summed E-state index contributed by atoms with van der Waals surface area (Å²) in [6, 6.07) is 9.56. The summed E-state index contributed by atoms with van der Waals surface area (Å²) in [5.41, 5.74) is 6.83. The molecule has 2 aromatic rings. The molecule has 3 rings (SSSR count). The number of carbonyl (C=O) groups excluding carboxylic acids is 2. The quantitative estimate of drug-likeness (QED) is 0.774. The number of aryl methyl sites for hydroxylation is 1. The van der Waals surface area contributed by atoms with Gasteiger partial charge in [-0.25, -0.2) is 0 Å². The number of nitrogens with zero attached hydrogens (tertiary/aromatic N) is 1. The Morgan fingerprint density at radius 3 is 2.74 bits per heavy atom. The first-order valence-corrected chi connectivity index (χ1v) is 9.08. The summed E-state index contributed by atoms with van der Waals surface area (Å²) in [5, 5.41) is 3.09. The van der Waals surface area contributed by atoms with Gasteiger partial charge in [0.25, 0.3) is 11.8 Å². The van der Waals surface area contributed by atoms with E-state index in [4.69, 9.17) is 14.9 Å². The summed E-state index contributed by atoms with van der Waals surface area (Å²) in [6.45, 7) is 4.28. The Morgan fingerprint density at radius 2 is 2.07 bits per heavy atom. The molecule has 0 unspecified atom stereocenters. The lowest BCUT2D eigenvalue weighted by Crippen LogP contribution is -2.44. The van der Waals surface area contributed by atoms with Crippen LogP contribution >= 0.6 is 0 Å². The number of nitrogens with two attached hydrogens (primary N) is 1. The molecule has 1 aliphatic rings. The topological polar surface area (TPSA) is 97.8 Å². The van der Waals surface area contributed by atoms with Gasteiger partial charge in [0.1, 0.15) is 11.5 Å². The third-order valence-corrected chi connectivity index (χ3v) is 4.71. The van der Waals surface area contributed by atoms with Gasteiger partial charge in [0.2, 0.25) is 0 Å². The molecule has 0 aliphatic carbocycles. The molecular formula is C20H25N3O4. The third-order valence-electron chi connectivity index (χ3n) is 4.71. The van der Waals surface area contributed by atoms with Crippen molar-refractivity contribution in [2.45, 2.75) is 32.4 Å². The average Bonchev–Trinajstić information content (AvgIpc) is 3.08. The number of nitrogens with one attached hydrogen (secondary N) is 1. The Bertz CT molecular complexity index is 794. The molecule has 1 aromatic carbocycles. The molecule has 1 aliphatic heterocycles. The first kappa shape index (κ1) is 19.0. The van der Waals surface area contributed by atoms with E-state index in [9.17, 15) is 9.59 Å². The summed E-state index contributed by atoms with van der Waals surface area (Å²) in [5.74, 6) is 0.724. The molecule has 144 valence electrons. The minimum Gasteiger partial charge on any atom is -0.484 e. The first-order chi connectivity index (χ1) is 13.0. The van der Waals surface area contributed by atoms with Gasteiger partial charge in [-0.2, -0.15) is 0 Å². The van der Waals surface area contributed by atoms with Gasteiger partial charge in [0.05, 0.1) is 11.8 Å². The smallest absolute Gasteiger partial charge is 0.255 e. The van der Waals surface area contributed by atoms with Gasteiger partial charge in [-0.1, -0.05) is 12.1 Å². The highest BCUT2D eigenvalue weighted by Gasteiger charge is 2.22. The number of furan rings is 1. The van der Waals surface area contributed by atoms with E-state index in [0.717, 1.165) is 38.0 Å². The molecule has 0 bridgehead atoms. The Kier molecular flexibility index (Phi) is 6.13. The Hall–Kier alpha value is -2.80. The maximum atomic E-state index is 12.3. The molecule has 7 nitrogen and oxygen atoms in total. The average molecular weight is 371 g/mol. The minimum absolute atomic E-state index is 0.0704. The zero-order valence-electron chi connectivity index (χ0n) is 15.4. The number of piperidine rings is 1. The monoisotopic (exact) mass is 371 g/mol. The van der Waals surface area contributed by atoms with Crippen molar-refractivity contribution in [3.05, 3.63) is 53.5 Å². The normalized spacial score (nSPS) is 15.4. The standard InChI is InChI=1S/C20H25N3O4/c1-14-18(7-10-26-14)20(25)22-16-5-8-23(9-6-16)12-15-3-2-4-17(11-15)27-13-19(21)24/h2-4,7,10-11,16H,5-6,8-9,12-13H2,1H3,(H2,21,24)(H,22,25). The van der Waals surface area contributed by atoms with Crippen LogP contribution in [-0.4, -0.2) is 42.5 Å². The molecule has 0 spiro atoms. The van der Waals surface area contributed by atoms with Crippen molar-refractivity contribution in [3.8, 4) is 5.75 Å². The van der Waals surface area contributed by atoms with Gasteiger partial charge in [0, 0.05) is 25.7 Å². The van der Waals surface area contributed by atoms with Crippen LogP contribution in [0.3, 0.4) is 0 Å². The van der Waals surface area contributed by atoms with Crippen LogP contribution in [0.2, 0.25) is 0 Å². The lowest BCUT2D eigenvalue weighted by Gasteiger charge is -2.32. The molecule has 1 aromatic heterocycles. The molecule has 3 N–H and O–H groups in total. The molecule has 1 fully saturated rings. The van der Waals surface area contributed by atoms with Crippen molar-refractivity contribution in [1.82, 2.24) is 10.2 Å². The van der Waals surface area contributed by atoms with Crippen LogP contribution in [0.5, 0.6) is 5.75 Å². The van der Waals surface area contributed by atoms with Crippen molar-refractivity contribution in [3.63, 3.8) is 0 Å². The molecule has 0 radical (unpaired) electrons. The summed E-state index contributed by atoms with van der Waals surface area (Å²) < 4.78 is 10.5. The summed E-state index contributed by atoms with van der Waals surface area (Å²) >= 11 is 0. The van der Waals surface area contributed by atoms with Crippen LogP contribution in [0.4, 0.5) is 0 Å². The second-order valence-corrected chi connectivity index (χ2v) is 6.82. The number of amides is 2. The Morgan fingerprint density at radius 1 is 1.30 bits per heavy atom. The molecule has 0 atom stereocenters. The number of likely N-dealkylation sites (tertiary alicyclic amines) is 1. The van der Waals surface area contributed by atoms with E-state index in [2.05, 4.69) is 10.2 Å². The SMILES string of the molecule is Cc1occc1C(=O)NC1CCN(Cc2cccc(OCC(N)=O)c2)CC1. The molecule has 0 saturated carbocycles. The largest absolute Gasteiger partial charge is 0.484 e. The molecule has 2 heterocycles. The van der Waals surface area contributed by atoms with Crippen LogP contribution < -0.4 is 15.8 Å². The van der Waals surface area contributed by atoms with E-state index in [-0.39, 0.29) is 18.6 Å². The predicted molar refractivity (Wildman–Crippen MR) is 100 cm³/mol. The summed E-state index contributed by atoms with van der Waals surface area (Å²) in [6.07, 6.45) is 3.34. The summed E-state index contributed by atoms with van der Waals surface area (Å²) in [4.78, 5) is 25.5. The number of hydrogen-bond donors (Lipinski definition) is 2. The van der Waals surface area contributed by atoms with E-state index in [1.54, 1.807) is 13.0 Å². The van der Waals surface area contributed by atoms with Crippen LogP contribution in [0.15, 0.2) is 41.0 Å². The minimum atomic E-state index is -0.491. The fraction of sp³-hybridized carbons (Fsp3) is 0.400. The zero-order chi connectivity index (χ0) is 19.2. The third kappa shape index (κ3) is 5.34. The highest BCUT2D eigenvalue weighted by molar-refractivity contribution is 5.95. The van der Waals surface area contributed by atoms with E-state index < -0.39 is 5.91 Å². The van der Waals surface area contributed by atoms with Crippen molar-refractivity contribution in [1.29, 1.82) is 0 Å². The van der Waals surface area contributed by atoms with Crippen LogP contribution in [0, 0.1) is 6.92 Å². The van der Waals surface area contributed by atoms with E-state index in [1.807, 2.05) is 24.3 Å². The number of carbonyl (C=O) groups is 2. The van der Waals surface area contributed by atoms with Crippen LogP contribution in [0.1, 0.15) is 34.5 Å². The highest BCUT2D eigenvalue weighted by atomic mass is 16.5. The fourth-order valence-corrected chi connectivity index (χ4v) is 3.27. The maximum Gasteiger partial charge on any atom is 0.255 e. The van der Waals surface area contributed by atoms with Crippen LogP contribution in [0.25, 0.3) is 0 Å². The number of hydrogen-bond acceptors (Lipinski definition) is 5. The molecule has 1 saturated heterocycles. The van der Waals surface area contributed by atoms with Gasteiger partial charge >= 0.3 is 0 Å². The maximum absolute atomic E-state index is 12.3. The van der Waals surface area contributed by atoms with Crippen molar-refractivity contribution in [2.24, 2.45) is 5.73 Å². The summed E-state index contributed by atoms with van der Waals surface area (Å²) in [7, 11) is 0. The van der Waals surface area contributed by atoms with Crippen molar-refractivity contribution in [2.75, 3.05) is 19.7 Å². The van der Waals surface area contributed by atoms with Gasteiger partial charge in [-0.05, 0) is 43.5 Å². The Labute approximate surface area is 158 Å². The Balaban J connectivity index is 1.47. The first-order valence-electron chi connectivity index (χ1n) is 9.08. The van der Waals surface area contributed by atoms with Crippen LogP contribution in [-0.2, 0) is 11.3 Å². The zero-order valence-corrected chi connectivity index (χ0v) is 15.4. The van der Waals surface area contributed by atoms with Crippen molar-refractivity contribution >= 4 is 11.8 Å². The van der Waals surface area contributed by atoms with Gasteiger partial charge in [-0.15, -0.1) is 0 Å². The molecular weight excluding hydrogens is 346 g/mol. The van der Waals surface area contributed by atoms with E-state index in [1.165, 1.54) is 6.26 Å². The molecule has 7 heteroatoms. The molecule has 2 amide bonds. The number of ether oxygens (including phenoxy) is 1. The lowest BCUT2D eigenvalue weighted by atomic mass is 10.0. The number of primary amides is 1. The fourth-order valence-electron chi connectivity index (χ4n) is 3.27. The predicted octanol–water partition coefficient (Wildman–Crippen LogP) is 1.85. The van der Waals surface area contributed by atoms with E-state index in [0.29, 0.717) is 17.1 Å². The lowest BCUT2D eigenvalue weighted by molar-refractivity contribution is -0.119. The van der Waals surface area contributed by atoms with Gasteiger partial charge in [-0.3, -0.25) is 14.5 Å².